The van der Waals surface area contributed by atoms with Gasteiger partial charge in [0, 0.05) is 13.6 Å². The van der Waals surface area contributed by atoms with Gasteiger partial charge in [0.2, 0.25) is 5.91 Å². The summed E-state index contributed by atoms with van der Waals surface area (Å²) in [7, 11) is -2.34. The van der Waals surface area contributed by atoms with Gasteiger partial charge in [-0.3, -0.25) is 4.79 Å². The zero-order valence-electron chi connectivity index (χ0n) is 16.0. The minimum Gasteiger partial charge on any atom is -0.494 e. The summed E-state index contributed by atoms with van der Waals surface area (Å²) >= 11 is 6.76. The van der Waals surface area contributed by atoms with Gasteiger partial charge >= 0.3 is 0 Å². The number of sulfonamides is 1. The van der Waals surface area contributed by atoms with Crippen LogP contribution in [0.5, 0.6) is 5.75 Å². The molecule has 0 aliphatic rings. The van der Waals surface area contributed by atoms with E-state index in [-0.39, 0.29) is 16.7 Å². The largest absolute Gasteiger partial charge is 0.494 e. The topological polar surface area (TPSA) is 75.7 Å². The van der Waals surface area contributed by atoms with Crippen molar-refractivity contribution < 1.29 is 17.9 Å². The SMILES string of the molecule is CCCCOc1ccc(CCNC(=O)CN(C)S(=O)(=O)c2ccc(Cl)s2)cc1. The van der Waals surface area contributed by atoms with Crippen LogP contribution in [-0.4, -0.2) is 45.4 Å². The van der Waals surface area contributed by atoms with Gasteiger partial charge in [-0.25, -0.2) is 8.42 Å². The van der Waals surface area contributed by atoms with Gasteiger partial charge in [-0.05, 0) is 42.7 Å². The zero-order valence-corrected chi connectivity index (χ0v) is 18.4. The van der Waals surface area contributed by atoms with Gasteiger partial charge in [0.15, 0.2) is 0 Å². The smallest absolute Gasteiger partial charge is 0.252 e. The first kappa shape index (κ1) is 22.7. The molecule has 6 nitrogen and oxygen atoms in total. The summed E-state index contributed by atoms with van der Waals surface area (Å²) in [4.78, 5) is 12.1. The third-order valence-corrected chi connectivity index (χ3v) is 7.51. The summed E-state index contributed by atoms with van der Waals surface area (Å²) in [6.07, 6.45) is 2.77. The molecule has 1 heterocycles. The molecule has 0 unspecified atom stereocenters. The third kappa shape index (κ3) is 6.77. The number of halogens is 1. The average Bonchev–Trinajstić information content (AvgIpc) is 3.10. The van der Waals surface area contributed by atoms with Crippen LogP contribution in [0.1, 0.15) is 25.3 Å². The van der Waals surface area contributed by atoms with E-state index in [1.54, 1.807) is 0 Å². The van der Waals surface area contributed by atoms with E-state index in [9.17, 15) is 13.2 Å². The Kier molecular flexibility index (Phi) is 8.75. The van der Waals surface area contributed by atoms with Gasteiger partial charge in [-0.2, -0.15) is 4.31 Å². The lowest BCUT2D eigenvalue weighted by Gasteiger charge is -2.15. The Morgan fingerprint density at radius 2 is 1.93 bits per heavy atom. The maximum Gasteiger partial charge on any atom is 0.252 e. The summed E-state index contributed by atoms with van der Waals surface area (Å²) in [5, 5.41) is 2.75. The number of nitrogens with zero attached hydrogens (tertiary/aromatic N) is 1. The van der Waals surface area contributed by atoms with Crippen molar-refractivity contribution in [2.75, 3.05) is 26.7 Å². The van der Waals surface area contributed by atoms with Crippen molar-refractivity contribution in [3.63, 3.8) is 0 Å². The molecule has 0 aliphatic carbocycles. The van der Waals surface area contributed by atoms with Gasteiger partial charge in [-0.15, -0.1) is 11.3 Å². The molecule has 1 aromatic carbocycles. The van der Waals surface area contributed by atoms with E-state index in [1.807, 2.05) is 24.3 Å². The fourth-order valence-corrected chi connectivity index (χ4v) is 5.19. The monoisotopic (exact) mass is 444 g/mol. The minimum absolute atomic E-state index is 0.119. The molecular weight excluding hydrogens is 420 g/mol. The van der Waals surface area contributed by atoms with E-state index in [1.165, 1.54) is 19.2 Å². The third-order valence-electron chi connectivity index (χ3n) is 4.01. The first-order valence-corrected chi connectivity index (χ1v) is 11.7. The van der Waals surface area contributed by atoms with Crippen molar-refractivity contribution in [1.82, 2.24) is 9.62 Å². The molecule has 0 saturated carbocycles. The number of hydrogen-bond acceptors (Lipinski definition) is 5. The second-order valence-electron chi connectivity index (χ2n) is 6.27. The summed E-state index contributed by atoms with van der Waals surface area (Å²) in [5.74, 6) is 0.481. The zero-order chi connectivity index (χ0) is 20.6. The molecule has 9 heteroatoms. The van der Waals surface area contributed by atoms with E-state index >= 15 is 0 Å². The maximum atomic E-state index is 12.4. The molecule has 1 aromatic heterocycles. The highest BCUT2D eigenvalue weighted by Gasteiger charge is 2.24. The highest BCUT2D eigenvalue weighted by atomic mass is 35.5. The summed E-state index contributed by atoms with van der Waals surface area (Å²) in [6, 6.07) is 10.7. The van der Waals surface area contributed by atoms with Crippen LogP contribution in [0.2, 0.25) is 4.34 Å². The van der Waals surface area contributed by atoms with Crippen molar-refractivity contribution in [1.29, 1.82) is 0 Å². The molecule has 1 N–H and O–H groups in total. The lowest BCUT2D eigenvalue weighted by Crippen LogP contribution is -2.38. The van der Waals surface area contributed by atoms with Crippen molar-refractivity contribution in [2.45, 2.75) is 30.4 Å². The maximum absolute atomic E-state index is 12.4. The Hall–Kier alpha value is -1.61. The lowest BCUT2D eigenvalue weighted by atomic mass is 10.1. The number of hydrogen-bond donors (Lipinski definition) is 1. The quantitative estimate of drug-likeness (QED) is 0.537. The molecular formula is C19H25ClN2O4S2. The van der Waals surface area contributed by atoms with Crippen molar-refractivity contribution in [3.8, 4) is 5.75 Å². The van der Waals surface area contributed by atoms with Crippen molar-refractivity contribution in [3.05, 3.63) is 46.3 Å². The Morgan fingerprint density at radius 1 is 1.21 bits per heavy atom. The normalized spacial score (nSPS) is 11.6. The molecule has 2 aromatic rings. The van der Waals surface area contributed by atoms with Gasteiger partial charge < -0.3 is 10.1 Å². The van der Waals surface area contributed by atoms with Crippen molar-refractivity contribution in [2.24, 2.45) is 0 Å². The first-order valence-electron chi connectivity index (χ1n) is 9.03. The number of likely N-dealkylation sites (N-methyl/N-ethyl adjacent to an activating group) is 1. The molecule has 2 rings (SSSR count). The predicted molar refractivity (Wildman–Crippen MR) is 113 cm³/mol. The number of carbonyl (C=O) groups is 1. The highest BCUT2D eigenvalue weighted by Crippen LogP contribution is 2.27. The molecule has 28 heavy (non-hydrogen) atoms. The van der Waals surface area contributed by atoms with E-state index in [0.717, 1.165) is 39.8 Å². The molecule has 0 spiro atoms. The van der Waals surface area contributed by atoms with Crippen LogP contribution in [0, 0.1) is 0 Å². The molecule has 0 saturated heterocycles. The van der Waals surface area contributed by atoms with E-state index in [4.69, 9.17) is 16.3 Å². The second kappa shape index (κ2) is 10.8. The number of thiophene rings is 1. The fourth-order valence-electron chi connectivity index (χ4n) is 2.37. The highest BCUT2D eigenvalue weighted by molar-refractivity contribution is 7.91. The van der Waals surface area contributed by atoms with Gasteiger partial charge in [0.1, 0.15) is 9.96 Å². The summed E-state index contributed by atoms with van der Waals surface area (Å²) in [5.41, 5.74) is 1.07. The summed E-state index contributed by atoms with van der Waals surface area (Å²) < 4.78 is 31.9. The molecule has 0 fully saturated rings. The molecule has 0 atom stereocenters. The van der Waals surface area contributed by atoms with Crippen LogP contribution in [0.4, 0.5) is 0 Å². The average molecular weight is 445 g/mol. The van der Waals surface area contributed by atoms with Gasteiger partial charge in [0.25, 0.3) is 10.0 Å². The number of amides is 1. The fraction of sp³-hybridized carbons (Fsp3) is 0.421. The van der Waals surface area contributed by atoms with Gasteiger partial charge in [-0.1, -0.05) is 37.1 Å². The van der Waals surface area contributed by atoms with Crippen LogP contribution in [-0.2, 0) is 21.2 Å². The van der Waals surface area contributed by atoms with Crippen LogP contribution in [0.15, 0.2) is 40.6 Å². The number of nitrogens with one attached hydrogen (secondary N) is 1. The number of rotatable bonds is 11. The van der Waals surface area contributed by atoms with Crippen LogP contribution >= 0.6 is 22.9 Å². The van der Waals surface area contributed by atoms with Crippen LogP contribution < -0.4 is 10.1 Å². The Balaban J connectivity index is 1.76. The molecule has 0 aliphatic heterocycles. The van der Waals surface area contributed by atoms with Crippen molar-refractivity contribution >= 4 is 38.9 Å². The second-order valence-corrected chi connectivity index (χ2v) is 10.3. The lowest BCUT2D eigenvalue weighted by molar-refractivity contribution is -0.121. The minimum atomic E-state index is -3.71. The Labute approximate surface area is 175 Å². The predicted octanol–water partition coefficient (Wildman–Crippen LogP) is 3.56. The van der Waals surface area contributed by atoms with E-state index in [0.29, 0.717) is 23.9 Å². The molecule has 0 radical (unpaired) electrons. The number of benzene rings is 1. The van der Waals surface area contributed by atoms with E-state index < -0.39 is 10.0 Å². The molecule has 1 amide bonds. The standard InChI is InChI=1S/C19H25ClN2O4S2/c1-3-4-13-26-16-7-5-15(6-8-16)11-12-21-18(23)14-22(2)28(24,25)19-10-9-17(20)27-19/h5-10H,3-4,11-14H2,1-2H3,(H,21,23). The number of carbonyl (C=O) groups excluding carboxylic acids is 1. The number of ether oxygens (including phenoxy) is 1. The first-order chi connectivity index (χ1) is 13.3. The van der Waals surface area contributed by atoms with Crippen LogP contribution in [0.25, 0.3) is 0 Å². The van der Waals surface area contributed by atoms with E-state index in [2.05, 4.69) is 12.2 Å². The molecule has 0 bridgehead atoms. The summed E-state index contributed by atoms with van der Waals surface area (Å²) in [6.45, 7) is 3.00. The molecule has 154 valence electrons. The Bertz CT molecular complexity index is 866. The van der Waals surface area contributed by atoms with Gasteiger partial charge in [0.05, 0.1) is 17.5 Å². The Morgan fingerprint density at radius 3 is 2.54 bits per heavy atom. The number of unbranched alkanes of at least 4 members (excludes halogenated alkanes) is 1. The van der Waals surface area contributed by atoms with Crippen LogP contribution in [0.3, 0.4) is 0 Å².